The molecular formula is C10H10F3NO. The lowest BCUT2D eigenvalue weighted by atomic mass is 9.70. The van der Waals surface area contributed by atoms with Gasteiger partial charge in [-0.05, 0) is 30.5 Å². The summed E-state index contributed by atoms with van der Waals surface area (Å²) in [6, 6.07) is 1.76. The van der Waals surface area contributed by atoms with Crippen LogP contribution in [0, 0.1) is 17.5 Å². The second-order valence-electron chi connectivity index (χ2n) is 3.97. The average Bonchev–Trinajstić information content (AvgIpc) is 2.11. The lowest BCUT2D eigenvalue weighted by Crippen LogP contribution is -2.51. The van der Waals surface area contributed by atoms with Gasteiger partial charge in [0.1, 0.15) is 0 Å². The summed E-state index contributed by atoms with van der Waals surface area (Å²) in [4.78, 5) is 0. The fraction of sp³-hybridized carbons (Fsp3) is 0.400. The van der Waals surface area contributed by atoms with Crippen LogP contribution in [0.2, 0.25) is 0 Å². The van der Waals surface area contributed by atoms with Crippen molar-refractivity contribution in [2.24, 2.45) is 5.73 Å². The van der Waals surface area contributed by atoms with Crippen molar-refractivity contribution < 1.29 is 18.3 Å². The van der Waals surface area contributed by atoms with E-state index in [2.05, 4.69) is 0 Å². The van der Waals surface area contributed by atoms with Gasteiger partial charge in [0, 0.05) is 5.54 Å². The van der Waals surface area contributed by atoms with Crippen molar-refractivity contribution in [1.29, 1.82) is 0 Å². The fourth-order valence-electron chi connectivity index (χ4n) is 1.86. The molecule has 0 atom stereocenters. The molecule has 0 aromatic heterocycles. The molecule has 15 heavy (non-hydrogen) atoms. The largest absolute Gasteiger partial charge is 0.393 e. The summed E-state index contributed by atoms with van der Waals surface area (Å²) in [5, 5.41) is 9.10. The van der Waals surface area contributed by atoms with E-state index in [0.29, 0.717) is 0 Å². The van der Waals surface area contributed by atoms with E-state index < -0.39 is 29.1 Å². The van der Waals surface area contributed by atoms with Gasteiger partial charge in [-0.15, -0.1) is 0 Å². The summed E-state index contributed by atoms with van der Waals surface area (Å²) in [6.07, 6.45) is -0.0826. The summed E-state index contributed by atoms with van der Waals surface area (Å²) in [6.45, 7) is 0. The van der Waals surface area contributed by atoms with E-state index in [1.165, 1.54) is 0 Å². The van der Waals surface area contributed by atoms with Crippen LogP contribution >= 0.6 is 0 Å². The molecule has 0 bridgehead atoms. The number of halogens is 3. The lowest BCUT2D eigenvalue weighted by molar-refractivity contribution is 0.0206. The van der Waals surface area contributed by atoms with Crippen LogP contribution in [0.3, 0.4) is 0 Å². The summed E-state index contributed by atoms with van der Waals surface area (Å²) >= 11 is 0. The van der Waals surface area contributed by atoms with E-state index in [4.69, 9.17) is 10.8 Å². The normalized spacial score (nSPS) is 30.1. The Bertz CT molecular complexity index is 379. The van der Waals surface area contributed by atoms with Gasteiger partial charge in [0.15, 0.2) is 17.5 Å². The Labute approximate surface area is 84.5 Å². The highest BCUT2D eigenvalue weighted by molar-refractivity contribution is 5.29. The van der Waals surface area contributed by atoms with Gasteiger partial charge in [-0.2, -0.15) is 0 Å². The maximum Gasteiger partial charge on any atom is 0.194 e. The van der Waals surface area contributed by atoms with Crippen LogP contribution in [-0.4, -0.2) is 11.2 Å². The van der Waals surface area contributed by atoms with Crippen LogP contribution in [0.15, 0.2) is 12.1 Å². The van der Waals surface area contributed by atoms with Crippen LogP contribution in [0.25, 0.3) is 0 Å². The number of hydrogen-bond donors (Lipinski definition) is 2. The maximum absolute atomic E-state index is 12.9. The highest BCUT2D eigenvalue weighted by Crippen LogP contribution is 2.39. The molecule has 3 N–H and O–H groups in total. The predicted octanol–water partition coefficient (Wildman–Crippen LogP) is 1.41. The van der Waals surface area contributed by atoms with Gasteiger partial charge in [-0.3, -0.25) is 0 Å². The molecule has 0 saturated heterocycles. The molecular weight excluding hydrogens is 207 g/mol. The summed E-state index contributed by atoms with van der Waals surface area (Å²) in [7, 11) is 0. The van der Waals surface area contributed by atoms with Crippen LogP contribution < -0.4 is 5.73 Å². The van der Waals surface area contributed by atoms with E-state index in [-0.39, 0.29) is 18.4 Å². The molecule has 0 amide bonds. The average molecular weight is 217 g/mol. The third-order valence-corrected chi connectivity index (χ3v) is 2.76. The van der Waals surface area contributed by atoms with E-state index in [1.807, 2.05) is 0 Å². The van der Waals surface area contributed by atoms with Gasteiger partial charge in [-0.25, -0.2) is 13.2 Å². The Hall–Kier alpha value is -1.07. The number of aliphatic hydroxyl groups excluding tert-OH is 1. The topological polar surface area (TPSA) is 46.2 Å². The highest BCUT2D eigenvalue weighted by Gasteiger charge is 2.42. The van der Waals surface area contributed by atoms with Crippen molar-refractivity contribution in [2.45, 2.75) is 24.5 Å². The monoisotopic (exact) mass is 217 g/mol. The minimum atomic E-state index is -1.50. The summed E-state index contributed by atoms with van der Waals surface area (Å²) < 4.78 is 38.4. The van der Waals surface area contributed by atoms with Gasteiger partial charge in [0.2, 0.25) is 0 Å². The van der Waals surface area contributed by atoms with Gasteiger partial charge in [0.25, 0.3) is 0 Å². The first-order chi connectivity index (χ1) is 6.92. The Balaban J connectivity index is 2.38. The summed E-state index contributed by atoms with van der Waals surface area (Å²) in [5.41, 5.74) is 5.04. The van der Waals surface area contributed by atoms with Gasteiger partial charge in [-0.1, -0.05) is 0 Å². The molecule has 1 aliphatic carbocycles. The fourth-order valence-corrected chi connectivity index (χ4v) is 1.86. The molecule has 1 fully saturated rings. The minimum Gasteiger partial charge on any atom is -0.393 e. The molecule has 5 heteroatoms. The molecule has 1 aliphatic rings. The van der Waals surface area contributed by atoms with Gasteiger partial charge >= 0.3 is 0 Å². The molecule has 0 radical (unpaired) electrons. The first-order valence-electron chi connectivity index (χ1n) is 4.54. The second kappa shape index (κ2) is 3.21. The maximum atomic E-state index is 12.9. The zero-order valence-corrected chi connectivity index (χ0v) is 7.80. The number of nitrogens with two attached hydrogens (primary N) is 1. The predicted molar refractivity (Wildman–Crippen MR) is 47.4 cm³/mol. The molecule has 0 unspecified atom stereocenters. The second-order valence-corrected chi connectivity index (χ2v) is 3.97. The van der Waals surface area contributed by atoms with E-state index in [9.17, 15) is 13.2 Å². The SMILES string of the molecule is NC1(c2cc(F)c(F)c(F)c2)CC(O)C1. The number of rotatable bonds is 1. The molecule has 0 heterocycles. The molecule has 0 aliphatic heterocycles. The Morgan fingerprint density at radius 3 is 2.07 bits per heavy atom. The first kappa shape index (κ1) is 10.4. The van der Waals surface area contributed by atoms with E-state index in [0.717, 1.165) is 12.1 Å². The first-order valence-corrected chi connectivity index (χ1v) is 4.54. The van der Waals surface area contributed by atoms with Crippen molar-refractivity contribution in [3.63, 3.8) is 0 Å². The summed E-state index contributed by atoms with van der Waals surface area (Å²) in [5.74, 6) is -4.00. The molecule has 2 rings (SSSR count). The van der Waals surface area contributed by atoms with E-state index in [1.54, 1.807) is 0 Å². The molecule has 1 saturated carbocycles. The van der Waals surface area contributed by atoms with E-state index >= 15 is 0 Å². The van der Waals surface area contributed by atoms with Crippen LogP contribution in [0.5, 0.6) is 0 Å². The Kier molecular flexibility index (Phi) is 2.24. The minimum absolute atomic E-state index is 0.184. The van der Waals surface area contributed by atoms with Crippen molar-refractivity contribution in [3.05, 3.63) is 35.1 Å². The van der Waals surface area contributed by atoms with Crippen molar-refractivity contribution in [2.75, 3.05) is 0 Å². The number of hydrogen-bond acceptors (Lipinski definition) is 2. The van der Waals surface area contributed by atoms with Crippen molar-refractivity contribution in [3.8, 4) is 0 Å². The van der Waals surface area contributed by atoms with Crippen molar-refractivity contribution in [1.82, 2.24) is 0 Å². The molecule has 1 aromatic rings. The third-order valence-electron chi connectivity index (χ3n) is 2.76. The molecule has 82 valence electrons. The van der Waals surface area contributed by atoms with Crippen molar-refractivity contribution >= 4 is 0 Å². The standard InChI is InChI=1S/C10H10F3NO/c11-7-1-5(2-8(12)9(7)13)10(14)3-6(15)4-10/h1-2,6,15H,3-4,14H2. The van der Waals surface area contributed by atoms with Crippen LogP contribution in [-0.2, 0) is 5.54 Å². The smallest absolute Gasteiger partial charge is 0.194 e. The number of benzene rings is 1. The third kappa shape index (κ3) is 1.61. The van der Waals surface area contributed by atoms with Gasteiger partial charge < -0.3 is 10.8 Å². The van der Waals surface area contributed by atoms with Crippen LogP contribution in [0.1, 0.15) is 18.4 Å². The zero-order valence-electron chi connectivity index (χ0n) is 7.80. The Morgan fingerprint density at radius 2 is 1.67 bits per heavy atom. The zero-order chi connectivity index (χ0) is 11.2. The van der Waals surface area contributed by atoms with Crippen LogP contribution in [0.4, 0.5) is 13.2 Å². The molecule has 0 spiro atoms. The number of aliphatic hydroxyl groups is 1. The molecule has 1 aromatic carbocycles. The highest BCUT2D eigenvalue weighted by atomic mass is 19.2. The lowest BCUT2D eigenvalue weighted by Gasteiger charge is -2.42. The Morgan fingerprint density at radius 1 is 1.20 bits per heavy atom. The quantitative estimate of drug-likeness (QED) is 0.699. The van der Waals surface area contributed by atoms with Gasteiger partial charge in [0.05, 0.1) is 6.10 Å². The molecule has 2 nitrogen and oxygen atoms in total.